The summed E-state index contributed by atoms with van der Waals surface area (Å²) in [5, 5.41) is 5.99. The number of pyridine rings is 1. The third kappa shape index (κ3) is 4.91. The van der Waals surface area contributed by atoms with Crippen LogP contribution in [0.1, 0.15) is 36.8 Å². The molecular formula is C21H25N3O2. The van der Waals surface area contributed by atoms with E-state index < -0.39 is 0 Å². The summed E-state index contributed by atoms with van der Waals surface area (Å²) in [4.78, 5) is 28.8. The molecular weight excluding hydrogens is 326 g/mol. The molecule has 26 heavy (non-hydrogen) atoms. The van der Waals surface area contributed by atoms with E-state index in [1.54, 1.807) is 12.4 Å². The number of carbonyl (C=O) groups excluding carboxylic acids is 2. The van der Waals surface area contributed by atoms with Gasteiger partial charge in [0, 0.05) is 36.5 Å². The first-order valence-corrected chi connectivity index (χ1v) is 9.16. The molecule has 0 atom stereocenters. The molecule has 3 rings (SSSR count). The molecule has 1 aromatic heterocycles. The third-order valence-corrected chi connectivity index (χ3v) is 4.97. The molecule has 1 fully saturated rings. The van der Waals surface area contributed by atoms with Crippen LogP contribution in [0.2, 0.25) is 0 Å². The van der Waals surface area contributed by atoms with E-state index in [2.05, 4.69) is 15.6 Å². The largest absolute Gasteiger partial charge is 0.352 e. The van der Waals surface area contributed by atoms with Crippen molar-refractivity contribution in [3.8, 4) is 0 Å². The molecule has 0 spiro atoms. The molecule has 2 N–H and O–H groups in total. The molecule has 1 aliphatic rings. The Balaban J connectivity index is 1.44. The Morgan fingerprint density at radius 2 is 1.65 bits per heavy atom. The van der Waals surface area contributed by atoms with Gasteiger partial charge < -0.3 is 10.6 Å². The predicted molar refractivity (Wildman–Crippen MR) is 101 cm³/mol. The lowest BCUT2D eigenvalue weighted by Gasteiger charge is -2.27. The lowest BCUT2D eigenvalue weighted by Crippen LogP contribution is -2.35. The number of aryl methyl sites for hydroxylation is 1. The van der Waals surface area contributed by atoms with E-state index in [4.69, 9.17) is 0 Å². The number of hydrogen-bond acceptors (Lipinski definition) is 3. The second kappa shape index (κ2) is 8.61. The van der Waals surface area contributed by atoms with Crippen molar-refractivity contribution in [3.05, 3.63) is 59.9 Å². The first-order chi connectivity index (χ1) is 12.6. The highest BCUT2D eigenvalue weighted by molar-refractivity contribution is 5.92. The van der Waals surface area contributed by atoms with E-state index in [1.807, 2.05) is 43.3 Å². The van der Waals surface area contributed by atoms with E-state index in [-0.39, 0.29) is 23.7 Å². The van der Waals surface area contributed by atoms with Gasteiger partial charge in [-0.25, -0.2) is 0 Å². The van der Waals surface area contributed by atoms with Crippen LogP contribution < -0.4 is 10.6 Å². The molecule has 0 saturated heterocycles. The van der Waals surface area contributed by atoms with E-state index in [0.717, 1.165) is 42.5 Å². The zero-order chi connectivity index (χ0) is 18.4. The molecule has 1 aromatic carbocycles. The normalized spacial score (nSPS) is 19.6. The molecule has 0 aliphatic heterocycles. The van der Waals surface area contributed by atoms with Gasteiger partial charge in [0.05, 0.1) is 0 Å². The van der Waals surface area contributed by atoms with Gasteiger partial charge in [0.1, 0.15) is 0 Å². The van der Waals surface area contributed by atoms with Gasteiger partial charge in [0.15, 0.2) is 0 Å². The van der Waals surface area contributed by atoms with Crippen molar-refractivity contribution < 1.29 is 9.59 Å². The standard InChI is InChI=1S/C21H25N3O2/c1-15-3-2-4-19(13-15)24-21(26)18-7-5-17(6-8-18)20(25)23-14-16-9-11-22-12-10-16/h2-4,9-13,17-18H,5-8,14H2,1H3,(H,23,25)(H,24,26). The number of anilines is 1. The molecule has 2 amide bonds. The van der Waals surface area contributed by atoms with Gasteiger partial charge in [0.2, 0.25) is 11.8 Å². The second-order valence-electron chi connectivity index (χ2n) is 6.98. The minimum Gasteiger partial charge on any atom is -0.352 e. The summed E-state index contributed by atoms with van der Waals surface area (Å²) in [5.41, 5.74) is 3.00. The van der Waals surface area contributed by atoms with Crippen molar-refractivity contribution in [2.24, 2.45) is 11.8 Å². The maximum atomic E-state index is 12.4. The average Bonchev–Trinajstić information content (AvgIpc) is 2.67. The monoisotopic (exact) mass is 351 g/mol. The number of carbonyl (C=O) groups is 2. The quantitative estimate of drug-likeness (QED) is 0.867. The van der Waals surface area contributed by atoms with E-state index in [1.165, 1.54) is 0 Å². The summed E-state index contributed by atoms with van der Waals surface area (Å²) in [7, 11) is 0. The molecule has 0 bridgehead atoms. The van der Waals surface area contributed by atoms with Gasteiger partial charge in [-0.2, -0.15) is 0 Å². The van der Waals surface area contributed by atoms with Crippen molar-refractivity contribution in [2.45, 2.75) is 39.2 Å². The van der Waals surface area contributed by atoms with Crippen molar-refractivity contribution >= 4 is 17.5 Å². The molecule has 1 aliphatic carbocycles. The highest BCUT2D eigenvalue weighted by atomic mass is 16.2. The Bertz CT molecular complexity index is 753. The fraction of sp³-hybridized carbons (Fsp3) is 0.381. The first-order valence-electron chi connectivity index (χ1n) is 9.16. The van der Waals surface area contributed by atoms with Gasteiger partial charge in [-0.1, -0.05) is 12.1 Å². The van der Waals surface area contributed by atoms with E-state index in [9.17, 15) is 9.59 Å². The Morgan fingerprint density at radius 3 is 2.31 bits per heavy atom. The summed E-state index contributed by atoms with van der Waals surface area (Å²) in [6.07, 6.45) is 6.47. The van der Waals surface area contributed by atoms with Crippen molar-refractivity contribution in [1.82, 2.24) is 10.3 Å². The molecule has 5 nitrogen and oxygen atoms in total. The molecule has 0 unspecified atom stereocenters. The second-order valence-corrected chi connectivity index (χ2v) is 6.98. The molecule has 1 saturated carbocycles. The van der Waals surface area contributed by atoms with Crippen LogP contribution in [0.3, 0.4) is 0 Å². The maximum Gasteiger partial charge on any atom is 0.227 e. The molecule has 5 heteroatoms. The Morgan fingerprint density at radius 1 is 1.00 bits per heavy atom. The first kappa shape index (κ1) is 18.1. The summed E-state index contributed by atoms with van der Waals surface area (Å²) in [5.74, 6) is 0.130. The summed E-state index contributed by atoms with van der Waals surface area (Å²) < 4.78 is 0. The van der Waals surface area contributed by atoms with Gasteiger partial charge in [0.25, 0.3) is 0 Å². The fourth-order valence-corrected chi connectivity index (χ4v) is 3.42. The van der Waals surface area contributed by atoms with Gasteiger partial charge in [-0.15, -0.1) is 0 Å². The number of benzene rings is 1. The van der Waals surface area contributed by atoms with Crippen LogP contribution in [0.25, 0.3) is 0 Å². The average molecular weight is 351 g/mol. The zero-order valence-electron chi connectivity index (χ0n) is 15.1. The van der Waals surface area contributed by atoms with Crippen LogP contribution >= 0.6 is 0 Å². The summed E-state index contributed by atoms with van der Waals surface area (Å²) in [6, 6.07) is 11.6. The van der Waals surface area contributed by atoms with Crippen LogP contribution in [0.4, 0.5) is 5.69 Å². The molecule has 1 heterocycles. The minimum absolute atomic E-state index is 0.000132. The van der Waals surface area contributed by atoms with Crippen molar-refractivity contribution in [2.75, 3.05) is 5.32 Å². The van der Waals surface area contributed by atoms with Crippen LogP contribution in [0.5, 0.6) is 0 Å². The molecule has 0 radical (unpaired) electrons. The summed E-state index contributed by atoms with van der Waals surface area (Å²) >= 11 is 0. The Kier molecular flexibility index (Phi) is 6.00. The number of rotatable bonds is 5. The fourth-order valence-electron chi connectivity index (χ4n) is 3.42. The highest BCUT2D eigenvalue weighted by Crippen LogP contribution is 2.30. The van der Waals surface area contributed by atoms with Crippen molar-refractivity contribution in [3.63, 3.8) is 0 Å². The van der Waals surface area contributed by atoms with Crippen LogP contribution in [-0.2, 0) is 16.1 Å². The van der Waals surface area contributed by atoms with Crippen LogP contribution in [0.15, 0.2) is 48.8 Å². The minimum atomic E-state index is -0.0141. The number of nitrogens with zero attached hydrogens (tertiary/aromatic N) is 1. The van der Waals surface area contributed by atoms with E-state index in [0.29, 0.717) is 6.54 Å². The Hall–Kier alpha value is -2.69. The van der Waals surface area contributed by atoms with Gasteiger partial charge in [-0.05, 0) is 68.0 Å². The predicted octanol–water partition coefficient (Wildman–Crippen LogP) is 3.45. The summed E-state index contributed by atoms with van der Waals surface area (Å²) in [6.45, 7) is 2.53. The highest BCUT2D eigenvalue weighted by Gasteiger charge is 2.29. The number of aromatic nitrogens is 1. The van der Waals surface area contributed by atoms with E-state index >= 15 is 0 Å². The number of nitrogens with one attached hydrogen (secondary N) is 2. The Labute approximate surface area is 154 Å². The SMILES string of the molecule is Cc1cccc(NC(=O)C2CCC(C(=O)NCc3ccncc3)CC2)c1. The van der Waals surface area contributed by atoms with Gasteiger partial charge >= 0.3 is 0 Å². The topological polar surface area (TPSA) is 71.1 Å². The van der Waals surface area contributed by atoms with Crippen LogP contribution in [0, 0.1) is 18.8 Å². The maximum absolute atomic E-state index is 12.4. The lowest BCUT2D eigenvalue weighted by molar-refractivity contribution is -0.128. The smallest absolute Gasteiger partial charge is 0.227 e. The van der Waals surface area contributed by atoms with Gasteiger partial charge in [-0.3, -0.25) is 14.6 Å². The van der Waals surface area contributed by atoms with Crippen LogP contribution in [-0.4, -0.2) is 16.8 Å². The number of amides is 2. The third-order valence-electron chi connectivity index (χ3n) is 4.97. The number of hydrogen-bond donors (Lipinski definition) is 2. The zero-order valence-corrected chi connectivity index (χ0v) is 15.1. The molecule has 2 aromatic rings. The lowest BCUT2D eigenvalue weighted by atomic mass is 9.81. The molecule has 136 valence electrons. The van der Waals surface area contributed by atoms with Crippen molar-refractivity contribution in [1.29, 1.82) is 0 Å².